The lowest BCUT2D eigenvalue weighted by Gasteiger charge is -2.28. The number of hydrogen-bond acceptors (Lipinski definition) is 3. The first-order valence-electron chi connectivity index (χ1n) is 10.8. The zero-order valence-electron chi connectivity index (χ0n) is 18.6. The molecule has 2 heterocycles. The van der Waals surface area contributed by atoms with Crippen molar-refractivity contribution < 1.29 is 9.59 Å². The third-order valence-corrected chi connectivity index (χ3v) is 5.82. The van der Waals surface area contributed by atoms with Gasteiger partial charge in [0.15, 0.2) is 5.78 Å². The van der Waals surface area contributed by atoms with Crippen molar-refractivity contribution >= 4 is 17.4 Å². The van der Waals surface area contributed by atoms with Crippen LogP contribution in [0.4, 0.5) is 5.69 Å². The van der Waals surface area contributed by atoms with Crippen molar-refractivity contribution in [2.45, 2.75) is 47.0 Å². The number of nitrogens with zero attached hydrogens (tertiary/aromatic N) is 1. The number of nitrogens with one attached hydrogen (secondary N) is 2. The number of carbonyl (C=O) groups is 2. The summed E-state index contributed by atoms with van der Waals surface area (Å²) in [5.41, 5.74) is 6.66. The Kier molecular flexibility index (Phi) is 5.52. The van der Waals surface area contributed by atoms with E-state index in [1.807, 2.05) is 50.2 Å². The van der Waals surface area contributed by atoms with Crippen LogP contribution < -0.4 is 5.32 Å². The van der Waals surface area contributed by atoms with Gasteiger partial charge in [-0.1, -0.05) is 39.8 Å². The first-order valence-corrected chi connectivity index (χ1v) is 10.8. The molecule has 0 fully saturated rings. The number of aromatic nitrogens is 2. The lowest BCUT2D eigenvalue weighted by Crippen LogP contribution is -2.27. The fourth-order valence-electron chi connectivity index (χ4n) is 4.32. The van der Waals surface area contributed by atoms with Gasteiger partial charge < -0.3 is 10.3 Å². The summed E-state index contributed by atoms with van der Waals surface area (Å²) in [7, 11) is 0. The molecular formula is C26H29N3O2. The number of benzene rings is 1. The van der Waals surface area contributed by atoms with E-state index < -0.39 is 0 Å². The average Bonchev–Trinajstić information content (AvgIpc) is 3.06. The Hall–Kier alpha value is -3.21. The highest BCUT2D eigenvalue weighted by Crippen LogP contribution is 2.40. The molecule has 1 aliphatic rings. The molecule has 160 valence electrons. The molecule has 0 saturated heterocycles. The molecule has 0 spiro atoms. The molecule has 4 rings (SSSR count). The summed E-state index contributed by atoms with van der Waals surface area (Å²) in [5.74, 6) is 0.104. The summed E-state index contributed by atoms with van der Waals surface area (Å²) in [6.45, 7) is 8.03. The predicted molar refractivity (Wildman–Crippen MR) is 123 cm³/mol. The van der Waals surface area contributed by atoms with E-state index in [0.717, 1.165) is 45.7 Å². The fourth-order valence-corrected chi connectivity index (χ4v) is 4.32. The van der Waals surface area contributed by atoms with Crippen LogP contribution in [-0.4, -0.2) is 21.7 Å². The standard InChI is InChI=1S/C26H29N3O2/c1-16(2)25(31)28-19-7-5-6-17(12-19)13-20-23-21(14-26(3,4)15-22(23)30)29-24(20)18-8-10-27-11-9-18/h5-12,16,29H,13-15H2,1-4H3,(H,28,31). The Bertz CT molecular complexity index is 1130. The monoisotopic (exact) mass is 415 g/mol. The molecule has 31 heavy (non-hydrogen) atoms. The first-order chi connectivity index (χ1) is 14.7. The van der Waals surface area contributed by atoms with E-state index >= 15 is 0 Å². The molecule has 0 unspecified atom stereocenters. The van der Waals surface area contributed by atoms with E-state index in [2.05, 4.69) is 29.1 Å². The summed E-state index contributed by atoms with van der Waals surface area (Å²) in [6.07, 6.45) is 5.54. The van der Waals surface area contributed by atoms with Crippen molar-refractivity contribution in [3.8, 4) is 11.3 Å². The Morgan fingerprint density at radius 1 is 1.16 bits per heavy atom. The Labute approximate surface area is 183 Å². The van der Waals surface area contributed by atoms with E-state index in [-0.39, 0.29) is 23.0 Å². The van der Waals surface area contributed by atoms with E-state index in [1.54, 1.807) is 12.4 Å². The molecule has 5 nitrogen and oxygen atoms in total. The third-order valence-electron chi connectivity index (χ3n) is 5.82. The number of carbonyl (C=O) groups excluding carboxylic acids is 2. The Balaban J connectivity index is 1.76. The topological polar surface area (TPSA) is 74.8 Å². The SMILES string of the molecule is CC(C)C(=O)Nc1cccc(Cc2c(-c3ccncc3)[nH]c3c2C(=O)CC(C)(C)C3)c1. The van der Waals surface area contributed by atoms with Crippen molar-refractivity contribution in [2.75, 3.05) is 5.32 Å². The van der Waals surface area contributed by atoms with Crippen LogP contribution >= 0.6 is 0 Å². The molecular weight excluding hydrogens is 386 g/mol. The summed E-state index contributed by atoms with van der Waals surface area (Å²) >= 11 is 0. The van der Waals surface area contributed by atoms with Crippen molar-refractivity contribution in [1.82, 2.24) is 9.97 Å². The third kappa shape index (κ3) is 4.46. The Morgan fingerprint density at radius 3 is 2.61 bits per heavy atom. The maximum absolute atomic E-state index is 13.2. The van der Waals surface area contributed by atoms with Crippen LogP contribution in [0.3, 0.4) is 0 Å². The fraction of sp³-hybridized carbons (Fsp3) is 0.346. The van der Waals surface area contributed by atoms with E-state index in [9.17, 15) is 9.59 Å². The van der Waals surface area contributed by atoms with Crippen molar-refractivity contribution in [3.63, 3.8) is 0 Å². The van der Waals surface area contributed by atoms with Gasteiger partial charge >= 0.3 is 0 Å². The normalized spacial score (nSPS) is 15.1. The summed E-state index contributed by atoms with van der Waals surface area (Å²) in [4.78, 5) is 33.0. The van der Waals surface area contributed by atoms with Gasteiger partial charge in [-0.15, -0.1) is 0 Å². The largest absolute Gasteiger partial charge is 0.358 e. The molecule has 1 aromatic carbocycles. The van der Waals surface area contributed by atoms with Crippen molar-refractivity contribution in [2.24, 2.45) is 11.3 Å². The highest BCUT2D eigenvalue weighted by molar-refractivity contribution is 6.02. The molecule has 2 N–H and O–H groups in total. The van der Waals surface area contributed by atoms with E-state index in [0.29, 0.717) is 12.8 Å². The number of Topliss-reactive ketones (excluding diaryl/α,β-unsaturated/α-hetero) is 1. The number of rotatable bonds is 5. The zero-order chi connectivity index (χ0) is 22.2. The second-order valence-corrected chi connectivity index (χ2v) is 9.53. The lowest BCUT2D eigenvalue weighted by atomic mass is 9.75. The number of pyridine rings is 1. The minimum absolute atomic E-state index is 0.00828. The smallest absolute Gasteiger partial charge is 0.226 e. The molecule has 0 aliphatic heterocycles. The Morgan fingerprint density at radius 2 is 1.90 bits per heavy atom. The maximum Gasteiger partial charge on any atom is 0.226 e. The van der Waals surface area contributed by atoms with Gasteiger partial charge in [0.25, 0.3) is 0 Å². The highest BCUT2D eigenvalue weighted by Gasteiger charge is 2.35. The summed E-state index contributed by atoms with van der Waals surface area (Å²) < 4.78 is 0. The van der Waals surface area contributed by atoms with Gasteiger partial charge in [0.05, 0.1) is 5.69 Å². The van der Waals surface area contributed by atoms with Gasteiger partial charge in [0, 0.05) is 53.7 Å². The minimum atomic E-state index is -0.0837. The molecule has 0 radical (unpaired) electrons. The van der Waals surface area contributed by atoms with Gasteiger partial charge in [-0.3, -0.25) is 14.6 Å². The molecule has 2 aromatic heterocycles. The van der Waals surface area contributed by atoms with Gasteiger partial charge in [0.1, 0.15) is 0 Å². The number of ketones is 1. The highest BCUT2D eigenvalue weighted by atomic mass is 16.1. The van der Waals surface area contributed by atoms with Crippen LogP contribution in [0.2, 0.25) is 0 Å². The number of fused-ring (bicyclic) bond motifs is 1. The second kappa shape index (κ2) is 8.14. The van der Waals surface area contributed by atoms with Crippen molar-refractivity contribution in [1.29, 1.82) is 0 Å². The molecule has 3 aromatic rings. The molecule has 0 saturated carbocycles. The van der Waals surface area contributed by atoms with Crippen LogP contribution in [0, 0.1) is 11.3 Å². The van der Waals surface area contributed by atoms with Crippen LogP contribution in [0.1, 0.15) is 61.3 Å². The minimum Gasteiger partial charge on any atom is -0.358 e. The van der Waals surface area contributed by atoms with Gasteiger partial charge in [0.2, 0.25) is 5.91 Å². The van der Waals surface area contributed by atoms with Gasteiger partial charge in [-0.25, -0.2) is 0 Å². The molecule has 1 amide bonds. The van der Waals surface area contributed by atoms with E-state index in [1.165, 1.54) is 0 Å². The van der Waals surface area contributed by atoms with E-state index in [4.69, 9.17) is 0 Å². The van der Waals surface area contributed by atoms with Gasteiger partial charge in [-0.2, -0.15) is 0 Å². The number of anilines is 1. The number of H-pyrrole nitrogens is 1. The summed E-state index contributed by atoms with van der Waals surface area (Å²) in [5, 5.41) is 2.97. The average molecular weight is 416 g/mol. The maximum atomic E-state index is 13.2. The molecule has 0 bridgehead atoms. The zero-order valence-corrected chi connectivity index (χ0v) is 18.6. The number of hydrogen-bond donors (Lipinski definition) is 2. The first kappa shape index (κ1) is 21.0. The van der Waals surface area contributed by atoms with Crippen LogP contribution in [0.5, 0.6) is 0 Å². The van der Waals surface area contributed by atoms with Crippen LogP contribution in [0.15, 0.2) is 48.8 Å². The van der Waals surface area contributed by atoms with Crippen molar-refractivity contribution in [3.05, 3.63) is 71.2 Å². The molecule has 0 atom stereocenters. The quantitative estimate of drug-likeness (QED) is 0.584. The van der Waals surface area contributed by atoms with Crippen LogP contribution in [-0.2, 0) is 17.6 Å². The lowest BCUT2D eigenvalue weighted by molar-refractivity contribution is -0.118. The predicted octanol–water partition coefficient (Wildman–Crippen LogP) is 5.42. The summed E-state index contributed by atoms with van der Waals surface area (Å²) in [6, 6.07) is 11.8. The molecule has 5 heteroatoms. The second-order valence-electron chi connectivity index (χ2n) is 9.53. The molecule has 1 aliphatic carbocycles. The van der Waals surface area contributed by atoms with Crippen LogP contribution in [0.25, 0.3) is 11.3 Å². The number of amides is 1. The van der Waals surface area contributed by atoms with Gasteiger partial charge in [-0.05, 0) is 47.2 Å². The number of aromatic amines is 1.